The zero-order chi connectivity index (χ0) is 10.6. The molecule has 0 aliphatic rings. The van der Waals surface area contributed by atoms with Gasteiger partial charge in [0.05, 0.1) is 5.60 Å². The SMILES string of the molecule is CCC(C)(C)OC(C)C(=O)C(C)C. The largest absolute Gasteiger partial charge is 0.365 e. The van der Waals surface area contributed by atoms with Crippen LogP contribution in [0.4, 0.5) is 0 Å². The van der Waals surface area contributed by atoms with Gasteiger partial charge in [-0.1, -0.05) is 20.8 Å². The van der Waals surface area contributed by atoms with E-state index in [4.69, 9.17) is 4.74 Å². The van der Waals surface area contributed by atoms with Crippen LogP contribution in [-0.4, -0.2) is 17.5 Å². The molecule has 0 aromatic rings. The van der Waals surface area contributed by atoms with Crippen molar-refractivity contribution >= 4 is 5.78 Å². The molecule has 0 amide bonds. The van der Waals surface area contributed by atoms with Gasteiger partial charge in [-0.3, -0.25) is 4.79 Å². The van der Waals surface area contributed by atoms with Crippen molar-refractivity contribution < 1.29 is 9.53 Å². The Morgan fingerprint density at radius 3 is 2.08 bits per heavy atom. The predicted octanol–water partition coefficient (Wildman–Crippen LogP) is 2.81. The molecule has 0 fully saturated rings. The molecule has 0 aliphatic carbocycles. The van der Waals surface area contributed by atoms with Gasteiger partial charge in [0.15, 0.2) is 5.78 Å². The fourth-order valence-electron chi connectivity index (χ4n) is 1.09. The normalized spacial score (nSPS) is 14.7. The average Bonchev–Trinajstić information content (AvgIpc) is 2.02. The van der Waals surface area contributed by atoms with Gasteiger partial charge in [0.25, 0.3) is 0 Å². The van der Waals surface area contributed by atoms with E-state index < -0.39 is 0 Å². The zero-order valence-corrected chi connectivity index (χ0v) is 9.68. The molecule has 0 N–H and O–H groups in total. The smallest absolute Gasteiger partial charge is 0.163 e. The molecule has 1 atom stereocenters. The molecule has 0 radical (unpaired) electrons. The lowest BCUT2D eigenvalue weighted by Crippen LogP contribution is -2.34. The van der Waals surface area contributed by atoms with E-state index in [0.29, 0.717) is 0 Å². The number of ether oxygens (including phenoxy) is 1. The van der Waals surface area contributed by atoms with E-state index in [1.54, 1.807) is 0 Å². The molecule has 0 aliphatic heterocycles. The van der Waals surface area contributed by atoms with E-state index in [2.05, 4.69) is 6.92 Å². The molecule has 2 heteroatoms. The molecular formula is C11H22O2. The third kappa shape index (κ3) is 4.41. The minimum absolute atomic E-state index is 0.0580. The first-order chi connectivity index (χ1) is 5.80. The Balaban J connectivity index is 4.15. The van der Waals surface area contributed by atoms with Gasteiger partial charge in [-0.25, -0.2) is 0 Å². The topological polar surface area (TPSA) is 26.3 Å². The van der Waals surface area contributed by atoms with Crippen molar-refractivity contribution in [2.24, 2.45) is 5.92 Å². The van der Waals surface area contributed by atoms with Crippen LogP contribution in [0.1, 0.15) is 48.0 Å². The van der Waals surface area contributed by atoms with Crippen LogP contribution in [0.2, 0.25) is 0 Å². The molecule has 0 saturated carbocycles. The Hall–Kier alpha value is -0.370. The van der Waals surface area contributed by atoms with Gasteiger partial charge >= 0.3 is 0 Å². The van der Waals surface area contributed by atoms with E-state index in [1.165, 1.54) is 0 Å². The van der Waals surface area contributed by atoms with Crippen LogP contribution in [0.5, 0.6) is 0 Å². The van der Waals surface area contributed by atoms with E-state index in [1.807, 2.05) is 34.6 Å². The Morgan fingerprint density at radius 2 is 1.77 bits per heavy atom. The van der Waals surface area contributed by atoms with Gasteiger partial charge in [-0.05, 0) is 27.2 Å². The molecule has 1 unspecified atom stereocenters. The van der Waals surface area contributed by atoms with Crippen LogP contribution in [0.25, 0.3) is 0 Å². The van der Waals surface area contributed by atoms with Crippen molar-refractivity contribution in [3.63, 3.8) is 0 Å². The summed E-state index contributed by atoms with van der Waals surface area (Å²) in [6.45, 7) is 11.7. The second kappa shape index (κ2) is 4.75. The van der Waals surface area contributed by atoms with Crippen molar-refractivity contribution in [1.29, 1.82) is 0 Å². The lowest BCUT2D eigenvalue weighted by Gasteiger charge is -2.28. The summed E-state index contributed by atoms with van der Waals surface area (Å²) in [4.78, 5) is 11.5. The fourth-order valence-corrected chi connectivity index (χ4v) is 1.09. The van der Waals surface area contributed by atoms with E-state index in [9.17, 15) is 4.79 Å². The molecule has 0 saturated heterocycles. The quantitative estimate of drug-likeness (QED) is 0.660. The lowest BCUT2D eigenvalue weighted by molar-refractivity contribution is -0.143. The zero-order valence-electron chi connectivity index (χ0n) is 9.68. The summed E-state index contributed by atoms with van der Waals surface area (Å²) in [6, 6.07) is 0. The average molecular weight is 186 g/mol. The van der Waals surface area contributed by atoms with Crippen LogP contribution in [-0.2, 0) is 9.53 Å². The molecular weight excluding hydrogens is 164 g/mol. The number of hydrogen-bond donors (Lipinski definition) is 0. The highest BCUT2D eigenvalue weighted by molar-refractivity contribution is 5.84. The Morgan fingerprint density at radius 1 is 1.31 bits per heavy atom. The van der Waals surface area contributed by atoms with Crippen LogP contribution in [0.15, 0.2) is 0 Å². The highest BCUT2D eigenvalue weighted by Gasteiger charge is 2.24. The molecule has 0 bridgehead atoms. The van der Waals surface area contributed by atoms with Crippen LogP contribution < -0.4 is 0 Å². The summed E-state index contributed by atoms with van der Waals surface area (Å²) in [5.41, 5.74) is -0.191. The first-order valence-corrected chi connectivity index (χ1v) is 5.01. The van der Waals surface area contributed by atoms with Crippen LogP contribution >= 0.6 is 0 Å². The maximum absolute atomic E-state index is 11.5. The van der Waals surface area contributed by atoms with Crippen molar-refractivity contribution in [3.8, 4) is 0 Å². The standard InChI is InChI=1S/C11H22O2/c1-7-11(5,6)13-9(4)10(12)8(2)3/h8-9H,7H2,1-6H3. The number of carbonyl (C=O) groups is 1. The minimum Gasteiger partial charge on any atom is -0.365 e. The monoisotopic (exact) mass is 186 g/mol. The first kappa shape index (κ1) is 12.6. The van der Waals surface area contributed by atoms with Gasteiger partial charge in [0.2, 0.25) is 0 Å². The Labute approximate surface area is 81.7 Å². The number of Topliss-reactive ketones (excluding diaryl/α,β-unsaturated/α-hetero) is 1. The first-order valence-electron chi connectivity index (χ1n) is 5.01. The highest BCUT2D eigenvalue weighted by atomic mass is 16.5. The van der Waals surface area contributed by atoms with Crippen LogP contribution in [0.3, 0.4) is 0 Å². The number of ketones is 1. The summed E-state index contributed by atoms with van der Waals surface area (Å²) < 4.78 is 5.66. The van der Waals surface area contributed by atoms with Crippen molar-refractivity contribution in [1.82, 2.24) is 0 Å². The Kier molecular flexibility index (Phi) is 4.62. The van der Waals surface area contributed by atoms with Gasteiger partial charge in [0, 0.05) is 5.92 Å². The van der Waals surface area contributed by atoms with Crippen LogP contribution in [0, 0.1) is 5.92 Å². The summed E-state index contributed by atoms with van der Waals surface area (Å²) in [6.07, 6.45) is 0.637. The highest BCUT2D eigenvalue weighted by Crippen LogP contribution is 2.17. The summed E-state index contributed by atoms with van der Waals surface area (Å²) in [5, 5.41) is 0. The third-order valence-corrected chi connectivity index (χ3v) is 2.32. The van der Waals surface area contributed by atoms with Crippen molar-refractivity contribution in [2.45, 2.75) is 59.7 Å². The summed E-state index contributed by atoms with van der Waals surface area (Å²) in [5.74, 6) is 0.240. The van der Waals surface area contributed by atoms with Crippen molar-refractivity contribution in [2.75, 3.05) is 0 Å². The number of rotatable bonds is 5. The molecule has 0 rings (SSSR count). The molecule has 2 nitrogen and oxygen atoms in total. The minimum atomic E-state index is -0.282. The van der Waals surface area contributed by atoms with Gasteiger partial charge in [0.1, 0.15) is 6.10 Å². The molecule has 0 spiro atoms. The molecule has 13 heavy (non-hydrogen) atoms. The van der Waals surface area contributed by atoms with E-state index >= 15 is 0 Å². The molecule has 0 aromatic heterocycles. The van der Waals surface area contributed by atoms with E-state index in [-0.39, 0.29) is 23.4 Å². The van der Waals surface area contributed by atoms with Gasteiger partial charge in [-0.2, -0.15) is 0 Å². The molecule has 78 valence electrons. The van der Waals surface area contributed by atoms with Gasteiger partial charge < -0.3 is 4.74 Å². The second-order valence-electron chi connectivity index (χ2n) is 4.43. The number of hydrogen-bond acceptors (Lipinski definition) is 2. The molecule has 0 aromatic carbocycles. The second-order valence-corrected chi connectivity index (χ2v) is 4.43. The maximum Gasteiger partial charge on any atom is 0.163 e. The van der Waals surface area contributed by atoms with Crippen molar-refractivity contribution in [3.05, 3.63) is 0 Å². The third-order valence-electron chi connectivity index (χ3n) is 2.32. The number of carbonyl (C=O) groups excluding carboxylic acids is 1. The Bertz CT molecular complexity index is 171. The summed E-state index contributed by atoms with van der Waals surface area (Å²) in [7, 11) is 0. The summed E-state index contributed by atoms with van der Waals surface area (Å²) >= 11 is 0. The predicted molar refractivity (Wildman–Crippen MR) is 54.8 cm³/mol. The fraction of sp³-hybridized carbons (Fsp3) is 0.909. The van der Waals surface area contributed by atoms with E-state index in [0.717, 1.165) is 6.42 Å². The lowest BCUT2D eigenvalue weighted by atomic mass is 10.0. The van der Waals surface area contributed by atoms with Gasteiger partial charge in [-0.15, -0.1) is 0 Å². The molecule has 0 heterocycles. The maximum atomic E-state index is 11.5.